The van der Waals surface area contributed by atoms with Crippen LogP contribution in [0.25, 0.3) is 22.6 Å². The monoisotopic (exact) mass is 307 g/mol. The number of benzene rings is 2. The van der Waals surface area contributed by atoms with Gasteiger partial charge in [-0.3, -0.25) is 0 Å². The highest BCUT2D eigenvalue weighted by Gasteiger charge is 2.18. The van der Waals surface area contributed by atoms with Gasteiger partial charge in [0.25, 0.3) is 0 Å². The van der Waals surface area contributed by atoms with E-state index in [0.29, 0.717) is 21.2 Å². The van der Waals surface area contributed by atoms with Crippen molar-refractivity contribution in [3.05, 3.63) is 64.4 Å². The topological polar surface area (TPSA) is 26.0 Å². The molecule has 0 spiro atoms. The molecule has 100 valence electrons. The lowest BCUT2D eigenvalue weighted by molar-refractivity contribution is 0.429. The van der Waals surface area contributed by atoms with Crippen molar-refractivity contribution >= 4 is 23.2 Å². The third-order valence-corrected chi connectivity index (χ3v) is 3.36. The molecule has 0 fully saturated rings. The van der Waals surface area contributed by atoms with Gasteiger partial charge in [-0.15, -0.1) is 0 Å². The van der Waals surface area contributed by atoms with Gasteiger partial charge in [0.2, 0.25) is 5.76 Å². The average molecular weight is 308 g/mol. The Morgan fingerprint density at radius 3 is 1.85 bits per heavy atom. The first-order valence-corrected chi connectivity index (χ1v) is 6.58. The lowest BCUT2D eigenvalue weighted by atomic mass is 10.1. The summed E-state index contributed by atoms with van der Waals surface area (Å²) in [6, 6.07) is 13.4. The zero-order chi connectivity index (χ0) is 14.1. The first-order valence-electron chi connectivity index (χ1n) is 5.82. The van der Waals surface area contributed by atoms with Gasteiger partial charge in [0, 0.05) is 21.2 Å². The smallest absolute Gasteiger partial charge is 0.203 e. The quantitative estimate of drug-likeness (QED) is 0.629. The van der Waals surface area contributed by atoms with Crippen LogP contribution < -0.4 is 0 Å². The van der Waals surface area contributed by atoms with Crippen LogP contribution in [-0.4, -0.2) is 5.16 Å². The van der Waals surface area contributed by atoms with Gasteiger partial charge >= 0.3 is 0 Å². The van der Waals surface area contributed by atoms with E-state index >= 15 is 0 Å². The molecule has 0 radical (unpaired) electrons. The van der Waals surface area contributed by atoms with Crippen molar-refractivity contribution in [2.45, 2.75) is 0 Å². The predicted octanol–water partition coefficient (Wildman–Crippen LogP) is 5.45. The zero-order valence-corrected chi connectivity index (χ0v) is 11.6. The maximum absolute atomic E-state index is 14.4. The minimum absolute atomic E-state index is 0.0895. The fourth-order valence-corrected chi connectivity index (χ4v) is 2.10. The van der Waals surface area contributed by atoms with Crippen LogP contribution in [0.3, 0.4) is 0 Å². The summed E-state index contributed by atoms with van der Waals surface area (Å²) in [5.74, 6) is -0.415. The highest BCUT2D eigenvalue weighted by atomic mass is 35.5. The number of halogens is 3. The Morgan fingerprint density at radius 2 is 1.30 bits per heavy atom. The number of aromatic nitrogens is 1. The Kier molecular flexibility index (Phi) is 3.47. The van der Waals surface area contributed by atoms with Crippen LogP contribution in [0.15, 0.2) is 53.1 Å². The Balaban J connectivity index is 2.04. The van der Waals surface area contributed by atoms with Crippen LogP contribution >= 0.6 is 23.2 Å². The molecule has 0 bridgehead atoms. The normalized spacial score (nSPS) is 10.8. The molecule has 5 heteroatoms. The molecule has 0 saturated carbocycles. The number of hydrogen-bond donors (Lipinski definition) is 0. The van der Waals surface area contributed by atoms with E-state index in [0.717, 1.165) is 0 Å². The van der Waals surface area contributed by atoms with E-state index in [2.05, 4.69) is 5.16 Å². The molecule has 0 aliphatic carbocycles. The summed E-state index contributed by atoms with van der Waals surface area (Å²) in [4.78, 5) is 0. The molecule has 0 saturated heterocycles. The molecule has 0 amide bonds. The molecule has 2 aromatic carbocycles. The van der Waals surface area contributed by atoms with Crippen molar-refractivity contribution in [2.75, 3.05) is 0 Å². The van der Waals surface area contributed by atoms with Crippen LogP contribution in [0.4, 0.5) is 4.39 Å². The van der Waals surface area contributed by atoms with Crippen molar-refractivity contribution in [2.24, 2.45) is 0 Å². The van der Waals surface area contributed by atoms with E-state index < -0.39 is 5.82 Å². The highest BCUT2D eigenvalue weighted by molar-refractivity contribution is 6.30. The maximum atomic E-state index is 14.4. The Hall–Kier alpha value is -1.84. The minimum Gasteiger partial charge on any atom is -0.352 e. The predicted molar refractivity (Wildman–Crippen MR) is 77.4 cm³/mol. The SMILES string of the molecule is Fc1c(-c2ccc(Cl)cc2)noc1-c1ccc(Cl)cc1. The van der Waals surface area contributed by atoms with E-state index in [4.69, 9.17) is 27.7 Å². The van der Waals surface area contributed by atoms with Gasteiger partial charge in [-0.25, -0.2) is 4.39 Å². The number of nitrogens with zero attached hydrogens (tertiary/aromatic N) is 1. The maximum Gasteiger partial charge on any atom is 0.203 e. The summed E-state index contributed by atoms with van der Waals surface area (Å²) >= 11 is 11.6. The summed E-state index contributed by atoms with van der Waals surface area (Å²) in [5, 5.41) is 4.94. The first kappa shape index (κ1) is 13.2. The Morgan fingerprint density at radius 1 is 0.800 bits per heavy atom. The molecular weight excluding hydrogens is 300 g/mol. The molecule has 1 heterocycles. The second-order valence-corrected chi connectivity index (χ2v) is 5.06. The van der Waals surface area contributed by atoms with Crippen LogP contribution in [0.1, 0.15) is 0 Å². The minimum atomic E-state index is -0.505. The van der Waals surface area contributed by atoms with Crippen molar-refractivity contribution < 1.29 is 8.91 Å². The van der Waals surface area contributed by atoms with Gasteiger partial charge in [-0.1, -0.05) is 40.5 Å². The number of rotatable bonds is 2. The van der Waals surface area contributed by atoms with E-state index in [1.807, 2.05) is 0 Å². The fraction of sp³-hybridized carbons (Fsp3) is 0. The second-order valence-electron chi connectivity index (χ2n) is 4.19. The highest BCUT2D eigenvalue weighted by Crippen LogP contribution is 2.31. The van der Waals surface area contributed by atoms with E-state index in [1.165, 1.54) is 0 Å². The molecular formula is C15H8Cl2FNO. The standard InChI is InChI=1S/C15H8Cl2FNO/c16-11-5-1-9(2-6-11)14-13(18)15(20-19-14)10-3-7-12(17)8-4-10/h1-8H. The lowest BCUT2D eigenvalue weighted by Crippen LogP contribution is -1.83. The third kappa shape index (κ3) is 2.42. The van der Waals surface area contributed by atoms with Gasteiger partial charge in [0.05, 0.1) is 0 Å². The van der Waals surface area contributed by atoms with E-state index in [9.17, 15) is 4.39 Å². The molecule has 3 rings (SSSR count). The fourth-order valence-electron chi connectivity index (χ4n) is 1.85. The Labute approximate surface area is 124 Å². The first-order chi connectivity index (χ1) is 9.65. The zero-order valence-electron chi connectivity index (χ0n) is 10.1. The van der Waals surface area contributed by atoms with Crippen molar-refractivity contribution in [3.8, 4) is 22.6 Å². The Bertz CT molecular complexity index is 673. The number of hydrogen-bond acceptors (Lipinski definition) is 2. The van der Waals surface area contributed by atoms with Crippen LogP contribution in [0, 0.1) is 5.82 Å². The molecule has 3 aromatic rings. The summed E-state index contributed by atoms with van der Waals surface area (Å²) in [5.41, 5.74) is 1.35. The summed E-state index contributed by atoms with van der Waals surface area (Å²) < 4.78 is 19.5. The van der Waals surface area contributed by atoms with Gasteiger partial charge in [-0.05, 0) is 36.4 Å². The van der Waals surface area contributed by atoms with Crippen LogP contribution in [0.5, 0.6) is 0 Å². The molecule has 0 aliphatic heterocycles. The molecule has 0 N–H and O–H groups in total. The molecule has 0 unspecified atom stereocenters. The summed E-state index contributed by atoms with van der Waals surface area (Å²) in [7, 11) is 0. The molecule has 20 heavy (non-hydrogen) atoms. The lowest BCUT2D eigenvalue weighted by Gasteiger charge is -1.97. The van der Waals surface area contributed by atoms with Gasteiger partial charge in [0.1, 0.15) is 5.69 Å². The molecule has 1 aromatic heterocycles. The third-order valence-electron chi connectivity index (χ3n) is 2.86. The second kappa shape index (κ2) is 5.27. The molecule has 0 atom stereocenters. The van der Waals surface area contributed by atoms with E-state index in [-0.39, 0.29) is 11.5 Å². The van der Waals surface area contributed by atoms with E-state index in [1.54, 1.807) is 48.5 Å². The largest absolute Gasteiger partial charge is 0.352 e. The molecule has 2 nitrogen and oxygen atoms in total. The van der Waals surface area contributed by atoms with Gasteiger partial charge < -0.3 is 4.52 Å². The van der Waals surface area contributed by atoms with Crippen LogP contribution in [-0.2, 0) is 0 Å². The summed E-state index contributed by atoms with van der Waals surface area (Å²) in [6.07, 6.45) is 0. The summed E-state index contributed by atoms with van der Waals surface area (Å²) in [6.45, 7) is 0. The van der Waals surface area contributed by atoms with Crippen LogP contribution in [0.2, 0.25) is 10.0 Å². The van der Waals surface area contributed by atoms with Gasteiger partial charge in [0.15, 0.2) is 5.82 Å². The average Bonchev–Trinajstić information content (AvgIpc) is 2.83. The van der Waals surface area contributed by atoms with Crippen molar-refractivity contribution in [3.63, 3.8) is 0 Å². The molecule has 0 aliphatic rings. The van der Waals surface area contributed by atoms with Crippen molar-refractivity contribution in [1.29, 1.82) is 0 Å². The van der Waals surface area contributed by atoms with Crippen molar-refractivity contribution in [1.82, 2.24) is 5.16 Å². The van der Waals surface area contributed by atoms with Gasteiger partial charge in [-0.2, -0.15) is 0 Å².